The lowest BCUT2D eigenvalue weighted by Gasteiger charge is -2.37. The van der Waals surface area contributed by atoms with E-state index in [4.69, 9.17) is 19.0 Å². The van der Waals surface area contributed by atoms with Gasteiger partial charge in [-0.3, -0.25) is 9.54 Å². The van der Waals surface area contributed by atoms with E-state index < -0.39 is 18.5 Å². The van der Waals surface area contributed by atoms with Crippen molar-refractivity contribution in [2.45, 2.75) is 45.8 Å². The first-order valence-electron chi connectivity index (χ1n) is 18.5. The van der Waals surface area contributed by atoms with E-state index in [-0.39, 0.29) is 18.0 Å². The van der Waals surface area contributed by atoms with Gasteiger partial charge in [0.25, 0.3) is 0 Å². The maximum Gasteiger partial charge on any atom is 0.245 e. The summed E-state index contributed by atoms with van der Waals surface area (Å²) in [5, 5.41) is 10.4. The highest BCUT2D eigenvalue weighted by Crippen LogP contribution is 2.48. The number of ether oxygens (including phenoxy) is 3. The number of amides is 1. The molecule has 0 saturated carbocycles. The van der Waals surface area contributed by atoms with Gasteiger partial charge >= 0.3 is 0 Å². The van der Waals surface area contributed by atoms with Crippen LogP contribution in [0.25, 0.3) is 0 Å². The van der Waals surface area contributed by atoms with Crippen LogP contribution >= 0.6 is 7.05 Å². The summed E-state index contributed by atoms with van der Waals surface area (Å²) in [7, 11) is 4.20. The highest BCUT2D eigenvalue weighted by molar-refractivity contribution is 7.87. The van der Waals surface area contributed by atoms with E-state index in [0.29, 0.717) is 12.4 Å². The third-order valence-electron chi connectivity index (χ3n) is 10.0. The van der Waals surface area contributed by atoms with Crippen LogP contribution in [-0.4, -0.2) is 51.8 Å². The fourth-order valence-electron chi connectivity index (χ4n) is 6.63. The van der Waals surface area contributed by atoms with Gasteiger partial charge < -0.3 is 29.7 Å². The lowest BCUT2D eigenvalue weighted by Crippen LogP contribution is -2.53. The lowest BCUT2D eigenvalue weighted by molar-refractivity contribution is -0.136. The minimum absolute atomic E-state index is 0.0174. The number of nitrogens with one attached hydrogen (secondary N) is 2. The third kappa shape index (κ3) is 9.62. The molecule has 5 aromatic rings. The van der Waals surface area contributed by atoms with E-state index >= 15 is 0 Å². The summed E-state index contributed by atoms with van der Waals surface area (Å²) in [4.78, 5) is 16.0. The van der Waals surface area contributed by atoms with E-state index in [9.17, 15) is 4.79 Å². The standard InChI is InChI=1S/C46H55N4O4P/c1-33(35-16-12-10-13-17-35)50(6)45(51)44(46(3,4)5)49-34(2)48-43(36-18-14-11-15-19-36)32-47-55(40-26-20-37(52-7)21-27-40,41-28-22-38(53-8)23-29-41)42-30-24-39(54-9)25-31-42/h10-31,33,43-44,48-49H,2,32H2,1,3-9H3/t33?,43-,44+/m0/s1. The number of rotatable bonds is 16. The number of hydrogen-bond acceptors (Lipinski definition) is 7. The SMILES string of the molecule is C=C(N[C@@H](CN=P(c1ccc(OC)cc1)(c1ccc(OC)cc1)c1ccc(OC)cc1)c1ccccc1)N[C@H](C(=O)N(C)C(C)c1ccccc1)C(C)(C)C. The molecule has 3 atom stereocenters. The smallest absolute Gasteiger partial charge is 0.245 e. The van der Waals surface area contributed by atoms with Crippen molar-refractivity contribution in [1.82, 2.24) is 15.5 Å². The topological polar surface area (TPSA) is 84.4 Å². The molecule has 0 aliphatic carbocycles. The van der Waals surface area contributed by atoms with Gasteiger partial charge in [-0.25, -0.2) is 0 Å². The van der Waals surface area contributed by atoms with E-state index in [1.807, 2.05) is 84.7 Å². The quantitative estimate of drug-likeness (QED) is 0.0988. The van der Waals surface area contributed by atoms with Crippen molar-refractivity contribution in [1.29, 1.82) is 0 Å². The van der Waals surface area contributed by atoms with Crippen LogP contribution in [-0.2, 0) is 4.79 Å². The van der Waals surface area contributed by atoms with E-state index in [1.54, 1.807) is 21.3 Å². The number of carbonyl (C=O) groups excluding carboxylic acids is 1. The molecule has 1 amide bonds. The van der Waals surface area contributed by atoms with Crippen LogP contribution in [0.4, 0.5) is 0 Å². The van der Waals surface area contributed by atoms with Gasteiger partial charge in [-0.15, -0.1) is 0 Å². The first-order valence-corrected chi connectivity index (χ1v) is 20.3. The van der Waals surface area contributed by atoms with Crippen molar-refractivity contribution in [2.24, 2.45) is 10.2 Å². The van der Waals surface area contributed by atoms with Gasteiger partial charge in [-0.1, -0.05) is 88.0 Å². The maximum absolute atomic E-state index is 14.2. The minimum atomic E-state index is -2.68. The Hall–Kier alpha value is -5.46. The summed E-state index contributed by atoms with van der Waals surface area (Å²) >= 11 is 0. The number of likely N-dealkylation sites (N-methyl/N-ethyl adjacent to an activating group) is 1. The fourth-order valence-corrected chi connectivity index (χ4v) is 10.2. The van der Waals surface area contributed by atoms with Crippen LogP contribution in [0.3, 0.4) is 0 Å². The van der Waals surface area contributed by atoms with Gasteiger partial charge in [0.05, 0.1) is 52.8 Å². The molecule has 0 saturated heterocycles. The average molecular weight is 759 g/mol. The van der Waals surface area contributed by atoms with Crippen LogP contribution in [0.2, 0.25) is 0 Å². The van der Waals surface area contributed by atoms with Crippen LogP contribution in [0, 0.1) is 5.41 Å². The molecule has 0 spiro atoms. The number of carbonyl (C=O) groups is 1. The number of methoxy groups -OCH3 is 3. The van der Waals surface area contributed by atoms with E-state index in [2.05, 4.69) is 106 Å². The molecule has 0 bridgehead atoms. The third-order valence-corrected chi connectivity index (χ3v) is 13.7. The fraction of sp³-hybridized carbons (Fsp3) is 0.283. The van der Waals surface area contributed by atoms with E-state index in [1.165, 1.54) is 0 Å². The second-order valence-electron chi connectivity index (χ2n) is 14.6. The number of benzene rings is 5. The Bertz CT molecular complexity index is 1920. The van der Waals surface area contributed by atoms with Crippen molar-refractivity contribution in [3.05, 3.63) is 157 Å². The molecule has 1 unspecified atom stereocenters. The van der Waals surface area contributed by atoms with Crippen LogP contribution in [0.5, 0.6) is 17.2 Å². The predicted molar refractivity (Wildman–Crippen MR) is 228 cm³/mol. The highest BCUT2D eigenvalue weighted by atomic mass is 31.2. The molecule has 9 heteroatoms. The van der Waals surface area contributed by atoms with Crippen molar-refractivity contribution in [3.63, 3.8) is 0 Å². The molecule has 0 aliphatic rings. The molecule has 0 radical (unpaired) electrons. The van der Waals surface area contributed by atoms with E-state index in [0.717, 1.165) is 44.3 Å². The molecule has 8 nitrogen and oxygen atoms in total. The Morgan fingerprint density at radius 2 is 1.07 bits per heavy atom. The summed E-state index contributed by atoms with van der Waals surface area (Å²) in [5.74, 6) is 2.83. The largest absolute Gasteiger partial charge is 0.497 e. The normalized spacial score (nSPS) is 13.1. The van der Waals surface area contributed by atoms with Gasteiger partial charge in [0.2, 0.25) is 5.91 Å². The summed E-state index contributed by atoms with van der Waals surface area (Å²) in [6.45, 7) is 13.1. The molecule has 0 aliphatic heterocycles. The zero-order valence-electron chi connectivity index (χ0n) is 33.3. The Balaban J connectivity index is 1.58. The van der Waals surface area contributed by atoms with Crippen LogP contribution in [0.15, 0.2) is 151 Å². The van der Waals surface area contributed by atoms with Crippen LogP contribution < -0.4 is 40.8 Å². The average Bonchev–Trinajstić information content (AvgIpc) is 3.22. The molecule has 2 N–H and O–H groups in total. The second kappa shape index (κ2) is 18.2. The Morgan fingerprint density at radius 1 is 0.673 bits per heavy atom. The molecular formula is C46H55N4O4P. The molecule has 0 fully saturated rings. The second-order valence-corrected chi connectivity index (χ2v) is 17.7. The van der Waals surface area contributed by atoms with Crippen molar-refractivity contribution >= 4 is 28.9 Å². The molecular weight excluding hydrogens is 704 g/mol. The summed E-state index contributed by atoms with van der Waals surface area (Å²) in [6, 6.07) is 44.0. The molecule has 5 rings (SSSR count). The number of nitrogens with zero attached hydrogens (tertiary/aromatic N) is 2. The predicted octanol–water partition coefficient (Wildman–Crippen LogP) is 8.22. The molecule has 55 heavy (non-hydrogen) atoms. The monoisotopic (exact) mass is 758 g/mol. The van der Waals surface area contributed by atoms with Gasteiger partial charge in [-0.2, -0.15) is 0 Å². The first kappa shape index (κ1) is 40.7. The Kier molecular flexibility index (Phi) is 13.5. The molecule has 5 aromatic carbocycles. The highest BCUT2D eigenvalue weighted by Gasteiger charge is 2.36. The number of hydrogen-bond donors (Lipinski definition) is 2. The lowest BCUT2D eigenvalue weighted by atomic mass is 9.85. The molecule has 0 heterocycles. The minimum Gasteiger partial charge on any atom is -0.497 e. The zero-order valence-corrected chi connectivity index (χ0v) is 34.2. The Morgan fingerprint density at radius 3 is 1.45 bits per heavy atom. The Labute approximate surface area is 327 Å². The van der Waals surface area contributed by atoms with Gasteiger partial charge in [0.15, 0.2) is 0 Å². The van der Waals surface area contributed by atoms with Gasteiger partial charge in [-0.05, 0) is 96.3 Å². The van der Waals surface area contributed by atoms with Gasteiger partial charge in [0, 0.05) is 23.0 Å². The zero-order chi connectivity index (χ0) is 39.6. The molecule has 0 aromatic heterocycles. The molecule has 288 valence electrons. The first-order chi connectivity index (χ1) is 26.4. The van der Waals surface area contributed by atoms with Crippen LogP contribution in [0.1, 0.15) is 50.9 Å². The van der Waals surface area contributed by atoms with Crippen molar-refractivity contribution in [2.75, 3.05) is 34.9 Å². The maximum atomic E-state index is 14.2. The summed E-state index contributed by atoms with van der Waals surface area (Å²) in [6.07, 6.45) is 0. The summed E-state index contributed by atoms with van der Waals surface area (Å²) < 4.78 is 22.5. The van der Waals surface area contributed by atoms with Crippen molar-refractivity contribution in [3.8, 4) is 17.2 Å². The summed E-state index contributed by atoms with van der Waals surface area (Å²) in [5.41, 5.74) is 1.70. The van der Waals surface area contributed by atoms with Crippen molar-refractivity contribution < 1.29 is 19.0 Å². The van der Waals surface area contributed by atoms with Gasteiger partial charge in [0.1, 0.15) is 23.3 Å².